The van der Waals surface area contributed by atoms with Gasteiger partial charge in [-0.2, -0.15) is 0 Å². The summed E-state index contributed by atoms with van der Waals surface area (Å²) in [4.78, 5) is 29.0. The van der Waals surface area contributed by atoms with E-state index in [4.69, 9.17) is 11.6 Å². The van der Waals surface area contributed by atoms with Crippen LogP contribution in [0.2, 0.25) is 5.02 Å². The molecule has 4 rings (SSSR count). The Morgan fingerprint density at radius 3 is 2.38 bits per heavy atom. The minimum absolute atomic E-state index is 0.0204. The van der Waals surface area contributed by atoms with Gasteiger partial charge in [-0.15, -0.1) is 0 Å². The summed E-state index contributed by atoms with van der Waals surface area (Å²) in [6.45, 7) is 1.98. The van der Waals surface area contributed by atoms with Crippen LogP contribution >= 0.6 is 11.6 Å². The zero-order valence-electron chi connectivity index (χ0n) is 16.3. The fraction of sp³-hybridized carbons (Fsp3) is 0.391. The molecule has 2 fully saturated rings. The van der Waals surface area contributed by atoms with Gasteiger partial charge in [0.15, 0.2) is 0 Å². The summed E-state index contributed by atoms with van der Waals surface area (Å²) >= 11 is 5.94. The third-order valence-corrected chi connectivity index (χ3v) is 6.32. The summed E-state index contributed by atoms with van der Waals surface area (Å²) in [7, 11) is 0. The zero-order valence-corrected chi connectivity index (χ0v) is 17.0. The summed E-state index contributed by atoms with van der Waals surface area (Å²) in [6.07, 6.45) is 1.23. The highest BCUT2D eigenvalue weighted by atomic mass is 35.5. The van der Waals surface area contributed by atoms with Gasteiger partial charge in [-0.3, -0.25) is 9.59 Å². The topological polar surface area (TPSA) is 60.9 Å². The summed E-state index contributed by atoms with van der Waals surface area (Å²) in [5, 5.41) is 11.6. The lowest BCUT2D eigenvalue weighted by atomic mass is 9.84. The van der Waals surface area contributed by atoms with E-state index in [0.29, 0.717) is 44.0 Å². The van der Waals surface area contributed by atoms with Crippen molar-refractivity contribution in [2.75, 3.05) is 19.6 Å². The molecule has 1 unspecified atom stereocenters. The van der Waals surface area contributed by atoms with Crippen molar-refractivity contribution in [2.24, 2.45) is 5.92 Å². The number of carbonyl (C=O) groups excluding carboxylic acids is 2. The Kier molecular flexibility index (Phi) is 5.61. The lowest BCUT2D eigenvalue weighted by molar-refractivity contribution is -0.140. The highest BCUT2D eigenvalue weighted by Crippen LogP contribution is 2.34. The molecule has 2 saturated heterocycles. The van der Waals surface area contributed by atoms with Gasteiger partial charge >= 0.3 is 0 Å². The van der Waals surface area contributed by atoms with Crippen molar-refractivity contribution < 1.29 is 14.7 Å². The molecular weight excluding hydrogens is 388 g/mol. The predicted octanol–water partition coefficient (Wildman–Crippen LogP) is 3.20. The number of amides is 2. The first-order valence-corrected chi connectivity index (χ1v) is 10.4. The molecule has 0 aromatic heterocycles. The number of aliphatic hydroxyl groups is 1. The van der Waals surface area contributed by atoms with Crippen LogP contribution in [-0.2, 0) is 21.7 Å². The van der Waals surface area contributed by atoms with Gasteiger partial charge < -0.3 is 14.9 Å². The number of likely N-dealkylation sites (tertiary alicyclic amines) is 2. The molecule has 0 spiro atoms. The standard InChI is InChI=1S/C23H25ClN2O3/c24-20-8-6-19(7-9-20)23(29)10-12-25(13-11-23)22(28)18-14-21(27)26(16-18)15-17-4-2-1-3-5-17/h1-9,18,29H,10-16H2. The Balaban J connectivity index is 1.35. The molecule has 2 aromatic rings. The van der Waals surface area contributed by atoms with E-state index in [1.807, 2.05) is 42.5 Å². The van der Waals surface area contributed by atoms with Crippen LogP contribution in [-0.4, -0.2) is 46.4 Å². The summed E-state index contributed by atoms with van der Waals surface area (Å²) in [6, 6.07) is 17.1. The average molecular weight is 413 g/mol. The Morgan fingerprint density at radius 2 is 1.72 bits per heavy atom. The molecule has 2 aliphatic heterocycles. The van der Waals surface area contributed by atoms with Crippen molar-refractivity contribution in [2.45, 2.75) is 31.4 Å². The molecule has 0 aliphatic carbocycles. The van der Waals surface area contributed by atoms with Crippen LogP contribution in [0.15, 0.2) is 54.6 Å². The van der Waals surface area contributed by atoms with E-state index in [1.54, 1.807) is 21.9 Å². The maximum atomic E-state index is 13.0. The van der Waals surface area contributed by atoms with Crippen molar-refractivity contribution in [3.63, 3.8) is 0 Å². The van der Waals surface area contributed by atoms with Gasteiger partial charge in [-0.25, -0.2) is 0 Å². The van der Waals surface area contributed by atoms with Gasteiger partial charge in [0.25, 0.3) is 0 Å². The molecule has 1 atom stereocenters. The minimum Gasteiger partial charge on any atom is -0.385 e. The van der Waals surface area contributed by atoms with Gasteiger partial charge in [0, 0.05) is 37.6 Å². The third-order valence-electron chi connectivity index (χ3n) is 6.06. The molecule has 6 heteroatoms. The molecule has 152 valence electrons. The fourth-order valence-corrected chi connectivity index (χ4v) is 4.42. The van der Waals surface area contributed by atoms with Crippen LogP contribution in [0.4, 0.5) is 0 Å². The van der Waals surface area contributed by atoms with Crippen LogP contribution in [0.25, 0.3) is 0 Å². The minimum atomic E-state index is -0.938. The second-order valence-electron chi connectivity index (χ2n) is 8.02. The van der Waals surface area contributed by atoms with Crippen molar-refractivity contribution in [1.82, 2.24) is 9.80 Å². The molecular formula is C23H25ClN2O3. The van der Waals surface area contributed by atoms with Crippen molar-refractivity contribution in [1.29, 1.82) is 0 Å². The maximum absolute atomic E-state index is 13.0. The first-order valence-electron chi connectivity index (χ1n) is 10.0. The van der Waals surface area contributed by atoms with Crippen molar-refractivity contribution in [3.05, 3.63) is 70.7 Å². The van der Waals surface area contributed by atoms with Gasteiger partial charge in [-0.05, 0) is 36.1 Å². The monoisotopic (exact) mass is 412 g/mol. The molecule has 29 heavy (non-hydrogen) atoms. The highest BCUT2D eigenvalue weighted by molar-refractivity contribution is 6.30. The van der Waals surface area contributed by atoms with Crippen LogP contribution < -0.4 is 0 Å². The number of rotatable bonds is 4. The Bertz CT molecular complexity index is 877. The molecule has 5 nitrogen and oxygen atoms in total. The summed E-state index contributed by atoms with van der Waals surface area (Å²) in [5.74, 6) is -0.248. The summed E-state index contributed by atoms with van der Waals surface area (Å²) < 4.78 is 0. The molecule has 2 amide bonds. The second-order valence-corrected chi connectivity index (χ2v) is 8.46. The van der Waals surface area contributed by atoms with Gasteiger partial charge in [0.05, 0.1) is 11.5 Å². The van der Waals surface area contributed by atoms with Gasteiger partial charge in [0.2, 0.25) is 11.8 Å². The van der Waals surface area contributed by atoms with E-state index >= 15 is 0 Å². The Hall–Kier alpha value is -2.37. The quantitative estimate of drug-likeness (QED) is 0.838. The Morgan fingerprint density at radius 1 is 1.07 bits per heavy atom. The third kappa shape index (κ3) is 4.31. The van der Waals surface area contributed by atoms with Crippen molar-refractivity contribution >= 4 is 23.4 Å². The molecule has 1 N–H and O–H groups in total. The molecule has 2 heterocycles. The van der Waals surface area contributed by atoms with Crippen LogP contribution in [0.3, 0.4) is 0 Å². The SMILES string of the molecule is O=C1CC(C(=O)N2CCC(O)(c3ccc(Cl)cc3)CC2)CN1Cc1ccccc1. The second kappa shape index (κ2) is 8.17. The lowest BCUT2D eigenvalue weighted by Gasteiger charge is -2.39. The number of piperidine rings is 1. The van der Waals surface area contributed by atoms with Gasteiger partial charge in [-0.1, -0.05) is 54.1 Å². The number of hydrogen-bond acceptors (Lipinski definition) is 3. The number of carbonyl (C=O) groups is 2. The van der Waals surface area contributed by atoms with Crippen LogP contribution in [0, 0.1) is 5.92 Å². The van der Waals surface area contributed by atoms with E-state index in [2.05, 4.69) is 0 Å². The van der Waals surface area contributed by atoms with Crippen LogP contribution in [0.5, 0.6) is 0 Å². The van der Waals surface area contributed by atoms with Gasteiger partial charge in [0.1, 0.15) is 0 Å². The number of hydrogen-bond donors (Lipinski definition) is 1. The normalized spacial score (nSPS) is 21.4. The molecule has 0 radical (unpaired) electrons. The van der Waals surface area contributed by atoms with E-state index in [9.17, 15) is 14.7 Å². The highest BCUT2D eigenvalue weighted by Gasteiger charge is 2.40. The largest absolute Gasteiger partial charge is 0.385 e. The van der Waals surface area contributed by atoms with E-state index < -0.39 is 5.60 Å². The number of halogens is 1. The van der Waals surface area contributed by atoms with E-state index in [1.165, 1.54) is 0 Å². The fourth-order valence-electron chi connectivity index (χ4n) is 4.30. The molecule has 0 saturated carbocycles. The smallest absolute Gasteiger partial charge is 0.227 e. The zero-order chi connectivity index (χ0) is 20.4. The predicted molar refractivity (Wildman–Crippen MR) is 111 cm³/mol. The number of nitrogens with zero attached hydrogens (tertiary/aromatic N) is 2. The first kappa shape index (κ1) is 19.9. The Labute approximate surface area is 175 Å². The molecule has 2 aromatic carbocycles. The molecule has 0 bridgehead atoms. The van der Waals surface area contributed by atoms with E-state index in [0.717, 1.165) is 11.1 Å². The summed E-state index contributed by atoms with van der Waals surface area (Å²) in [5.41, 5.74) is 0.964. The first-order chi connectivity index (χ1) is 13.9. The lowest BCUT2D eigenvalue weighted by Crippen LogP contribution is -2.47. The average Bonchev–Trinajstić information content (AvgIpc) is 3.09. The maximum Gasteiger partial charge on any atom is 0.227 e. The molecule has 2 aliphatic rings. The van der Waals surface area contributed by atoms with Crippen LogP contribution in [0.1, 0.15) is 30.4 Å². The van der Waals surface area contributed by atoms with Crippen molar-refractivity contribution in [3.8, 4) is 0 Å². The van der Waals surface area contributed by atoms with E-state index in [-0.39, 0.29) is 24.2 Å². The number of benzene rings is 2.